The Morgan fingerprint density at radius 1 is 1.17 bits per heavy atom. The van der Waals surface area contributed by atoms with E-state index in [4.69, 9.17) is 0 Å². The number of anilines is 1. The number of aromatic nitrogens is 3. The van der Waals surface area contributed by atoms with Gasteiger partial charge >= 0.3 is 6.09 Å². The second-order valence-electron chi connectivity index (χ2n) is 7.21. The van der Waals surface area contributed by atoms with E-state index in [1.807, 2.05) is 4.90 Å². The highest BCUT2D eigenvalue weighted by molar-refractivity contribution is 5.72. The van der Waals surface area contributed by atoms with E-state index in [0.29, 0.717) is 41.7 Å². The van der Waals surface area contributed by atoms with Crippen molar-refractivity contribution >= 4 is 23.1 Å². The average Bonchev–Trinajstić information content (AvgIpc) is 2.70. The van der Waals surface area contributed by atoms with E-state index in [1.54, 1.807) is 25.3 Å². The second-order valence-corrected chi connectivity index (χ2v) is 7.21. The van der Waals surface area contributed by atoms with Crippen molar-refractivity contribution in [1.29, 1.82) is 0 Å². The lowest BCUT2D eigenvalue weighted by molar-refractivity contribution is 0.185. The number of rotatable bonds is 3. The highest BCUT2D eigenvalue weighted by Crippen LogP contribution is 2.33. The van der Waals surface area contributed by atoms with Gasteiger partial charge in [0.2, 0.25) is 0 Å². The molecule has 0 saturated carbocycles. The van der Waals surface area contributed by atoms with Crippen LogP contribution >= 0.6 is 0 Å². The number of carbonyl (C=O) groups is 1. The van der Waals surface area contributed by atoms with Crippen molar-refractivity contribution in [2.45, 2.75) is 25.3 Å². The van der Waals surface area contributed by atoms with Crippen LogP contribution in [0.25, 0.3) is 11.2 Å². The van der Waals surface area contributed by atoms with Crippen molar-refractivity contribution in [3.8, 4) is 0 Å². The third kappa shape index (κ3) is 3.85. The first-order valence-electron chi connectivity index (χ1n) is 9.31. The molecule has 0 spiro atoms. The number of hydrogen-bond donors (Lipinski definition) is 2. The van der Waals surface area contributed by atoms with Gasteiger partial charge in [-0.15, -0.1) is 0 Å². The van der Waals surface area contributed by atoms with Crippen molar-refractivity contribution in [2.24, 2.45) is 0 Å². The maximum atomic E-state index is 14.3. The molecule has 2 aromatic heterocycles. The number of fused-ring (bicyclic) bond motifs is 1. The first-order valence-corrected chi connectivity index (χ1v) is 9.31. The zero-order chi connectivity index (χ0) is 21.4. The summed E-state index contributed by atoms with van der Waals surface area (Å²) in [5, 5.41) is 11.6. The number of benzene rings is 1. The Labute approximate surface area is 169 Å². The maximum Gasteiger partial charge on any atom is 0.404 e. The zero-order valence-corrected chi connectivity index (χ0v) is 15.9. The molecule has 1 amide bonds. The lowest BCUT2D eigenvalue weighted by atomic mass is 9.84. The highest BCUT2D eigenvalue weighted by atomic mass is 19.2. The minimum Gasteiger partial charge on any atom is -0.465 e. The predicted molar refractivity (Wildman–Crippen MR) is 103 cm³/mol. The van der Waals surface area contributed by atoms with Gasteiger partial charge in [-0.05, 0) is 37.1 Å². The summed E-state index contributed by atoms with van der Waals surface area (Å²) in [6, 6.07) is 4.05. The van der Waals surface area contributed by atoms with E-state index in [0.717, 1.165) is 6.07 Å². The number of amides is 1. The fourth-order valence-electron chi connectivity index (χ4n) is 3.81. The number of nitrogens with one attached hydrogen (secondary N) is 1. The van der Waals surface area contributed by atoms with Gasteiger partial charge in [0.15, 0.2) is 17.3 Å². The summed E-state index contributed by atoms with van der Waals surface area (Å²) < 4.78 is 41.4. The van der Waals surface area contributed by atoms with Crippen LogP contribution in [0, 0.1) is 24.4 Å². The third-order valence-electron chi connectivity index (χ3n) is 5.20. The van der Waals surface area contributed by atoms with Gasteiger partial charge in [0.25, 0.3) is 0 Å². The molecule has 3 aromatic rings. The zero-order valence-electron chi connectivity index (χ0n) is 15.9. The molecule has 2 N–H and O–H groups in total. The van der Waals surface area contributed by atoms with E-state index < -0.39 is 35.5 Å². The van der Waals surface area contributed by atoms with Crippen LogP contribution in [0.2, 0.25) is 0 Å². The standard InChI is InChI=1S/C20H18F3N5O2/c1-10-8-24-16-2-3-18(27-19(16)25-10)28-5-4-11(17(9-28)26-20(29)30)12-6-14(22)15(23)7-13(12)21/h2-3,6-8,11,17,26H,4-5,9H2,1H3,(H,29,30)/t11-,17+/m1/s1. The summed E-state index contributed by atoms with van der Waals surface area (Å²) >= 11 is 0. The summed E-state index contributed by atoms with van der Waals surface area (Å²) in [7, 11) is 0. The molecular formula is C20H18F3N5O2. The third-order valence-corrected chi connectivity index (χ3v) is 5.20. The molecular weight excluding hydrogens is 399 g/mol. The Morgan fingerprint density at radius 2 is 1.93 bits per heavy atom. The van der Waals surface area contributed by atoms with Crippen LogP contribution in [0.1, 0.15) is 23.6 Å². The monoisotopic (exact) mass is 417 g/mol. The van der Waals surface area contributed by atoms with E-state index in [9.17, 15) is 23.1 Å². The van der Waals surface area contributed by atoms with Crippen molar-refractivity contribution < 1.29 is 23.1 Å². The summed E-state index contributed by atoms with van der Waals surface area (Å²) in [5.41, 5.74) is 1.75. The van der Waals surface area contributed by atoms with Gasteiger partial charge in [-0.1, -0.05) is 0 Å². The second kappa shape index (κ2) is 7.77. The fourth-order valence-corrected chi connectivity index (χ4v) is 3.81. The summed E-state index contributed by atoms with van der Waals surface area (Å²) in [6.45, 7) is 2.39. The van der Waals surface area contributed by atoms with Gasteiger partial charge in [0.1, 0.15) is 17.2 Å². The van der Waals surface area contributed by atoms with Crippen LogP contribution in [0.15, 0.2) is 30.5 Å². The molecule has 0 bridgehead atoms. The van der Waals surface area contributed by atoms with Gasteiger partial charge in [-0.3, -0.25) is 4.98 Å². The molecule has 7 nitrogen and oxygen atoms in total. The molecule has 1 aliphatic rings. The van der Waals surface area contributed by atoms with Crippen molar-refractivity contribution in [3.05, 3.63) is 59.2 Å². The smallest absolute Gasteiger partial charge is 0.404 e. The molecule has 0 aliphatic carbocycles. The first-order chi connectivity index (χ1) is 14.3. The summed E-state index contributed by atoms with van der Waals surface area (Å²) in [6.07, 6.45) is 0.660. The number of nitrogens with zero attached hydrogens (tertiary/aromatic N) is 4. The molecule has 3 heterocycles. The van der Waals surface area contributed by atoms with Crippen LogP contribution < -0.4 is 10.2 Å². The topological polar surface area (TPSA) is 91.2 Å². The molecule has 30 heavy (non-hydrogen) atoms. The Balaban J connectivity index is 1.65. The number of halogens is 3. The quantitative estimate of drug-likeness (QED) is 0.635. The number of piperidine rings is 1. The van der Waals surface area contributed by atoms with Gasteiger partial charge in [-0.2, -0.15) is 0 Å². The lowest BCUT2D eigenvalue weighted by Gasteiger charge is -2.39. The number of carboxylic acid groups (broad SMARTS) is 1. The van der Waals surface area contributed by atoms with Crippen LogP contribution in [-0.4, -0.2) is 45.3 Å². The van der Waals surface area contributed by atoms with E-state index in [1.165, 1.54) is 0 Å². The Bertz CT molecular complexity index is 1130. The van der Waals surface area contributed by atoms with Gasteiger partial charge in [-0.25, -0.2) is 27.9 Å². The molecule has 0 unspecified atom stereocenters. The van der Waals surface area contributed by atoms with Crippen LogP contribution in [0.5, 0.6) is 0 Å². The molecule has 0 radical (unpaired) electrons. The minimum absolute atomic E-state index is 0.0553. The van der Waals surface area contributed by atoms with E-state index >= 15 is 0 Å². The van der Waals surface area contributed by atoms with Crippen LogP contribution in [-0.2, 0) is 0 Å². The molecule has 4 rings (SSSR count). The van der Waals surface area contributed by atoms with Crippen molar-refractivity contribution in [2.75, 3.05) is 18.0 Å². The molecule has 2 atom stereocenters. The van der Waals surface area contributed by atoms with Gasteiger partial charge in [0.05, 0.1) is 11.7 Å². The fraction of sp³-hybridized carbons (Fsp3) is 0.300. The minimum atomic E-state index is -1.29. The SMILES string of the molecule is Cc1cnc2ccc(N3CC[C@H](c4cc(F)c(F)cc4F)[C@@H](NC(=O)O)C3)nc2n1. The molecule has 1 fully saturated rings. The molecule has 1 saturated heterocycles. The summed E-state index contributed by atoms with van der Waals surface area (Å²) in [4.78, 5) is 26.3. The number of hydrogen-bond acceptors (Lipinski definition) is 5. The van der Waals surface area contributed by atoms with Gasteiger partial charge < -0.3 is 15.3 Å². The Hall–Kier alpha value is -3.43. The Kier molecular flexibility index (Phi) is 5.15. The summed E-state index contributed by atoms with van der Waals surface area (Å²) in [5.74, 6) is -3.45. The van der Waals surface area contributed by atoms with E-state index in [-0.39, 0.29) is 12.1 Å². The largest absolute Gasteiger partial charge is 0.465 e. The van der Waals surface area contributed by atoms with Crippen LogP contribution in [0.3, 0.4) is 0 Å². The average molecular weight is 417 g/mol. The molecule has 156 valence electrons. The molecule has 1 aliphatic heterocycles. The van der Waals surface area contributed by atoms with Crippen LogP contribution in [0.4, 0.5) is 23.8 Å². The van der Waals surface area contributed by atoms with Crippen molar-refractivity contribution in [3.63, 3.8) is 0 Å². The molecule has 10 heteroatoms. The first kappa shape index (κ1) is 19.9. The predicted octanol–water partition coefficient (Wildman–Crippen LogP) is 3.38. The lowest BCUT2D eigenvalue weighted by Crippen LogP contribution is -2.52. The normalized spacial score (nSPS) is 19.1. The number of aryl methyl sites for hydroxylation is 1. The maximum absolute atomic E-state index is 14.3. The van der Waals surface area contributed by atoms with Crippen molar-refractivity contribution in [1.82, 2.24) is 20.3 Å². The highest BCUT2D eigenvalue weighted by Gasteiger charge is 2.34. The molecule has 1 aromatic carbocycles. The van der Waals surface area contributed by atoms with Gasteiger partial charge in [0, 0.05) is 31.3 Å². The Morgan fingerprint density at radius 3 is 2.70 bits per heavy atom. The number of pyridine rings is 1. The van der Waals surface area contributed by atoms with E-state index in [2.05, 4.69) is 20.3 Å².